The van der Waals surface area contributed by atoms with Gasteiger partial charge in [0.2, 0.25) is 5.91 Å². The van der Waals surface area contributed by atoms with Gasteiger partial charge in [-0.3, -0.25) is 14.8 Å². The number of hydrogen-bond acceptors (Lipinski definition) is 4. The van der Waals surface area contributed by atoms with Crippen LogP contribution in [0.15, 0.2) is 6.33 Å². The quantitative estimate of drug-likeness (QED) is 0.770. The van der Waals surface area contributed by atoms with Gasteiger partial charge in [0.25, 0.3) is 0 Å². The fourth-order valence-corrected chi connectivity index (χ4v) is 4.84. The van der Waals surface area contributed by atoms with Gasteiger partial charge in [0, 0.05) is 36.5 Å². The highest BCUT2D eigenvalue weighted by Crippen LogP contribution is 2.40. The number of hydrogen-bond donors (Lipinski definition) is 3. The zero-order valence-electron chi connectivity index (χ0n) is 16.6. The summed E-state index contributed by atoms with van der Waals surface area (Å²) in [5, 5.41) is 11.4. The Kier molecular flexibility index (Phi) is 4.80. The van der Waals surface area contributed by atoms with Crippen LogP contribution in [0.4, 0.5) is 0 Å². The number of carbonyl (C=O) groups is 1. The van der Waals surface area contributed by atoms with Crippen LogP contribution >= 0.6 is 0 Å². The molecule has 0 bridgehead atoms. The maximum absolute atomic E-state index is 13.0. The van der Waals surface area contributed by atoms with Crippen LogP contribution in [0.5, 0.6) is 0 Å². The van der Waals surface area contributed by atoms with E-state index in [1.807, 2.05) is 11.6 Å². The zero-order valence-corrected chi connectivity index (χ0v) is 16.6. The molecule has 7 nitrogen and oxygen atoms in total. The minimum absolute atomic E-state index is 0.0586. The number of aromatic amines is 1. The fraction of sp³-hybridized carbons (Fsp3) is 0.650. The molecule has 1 fully saturated rings. The Hall–Kier alpha value is -2.15. The first-order chi connectivity index (χ1) is 13.0. The fourth-order valence-electron chi connectivity index (χ4n) is 4.84. The topological polar surface area (TPSA) is 87.6 Å². The monoisotopic (exact) mass is 370 g/mol. The van der Waals surface area contributed by atoms with Crippen molar-refractivity contribution in [2.45, 2.75) is 84.0 Å². The van der Waals surface area contributed by atoms with Crippen molar-refractivity contribution in [3.63, 3.8) is 0 Å². The molecule has 146 valence electrons. The van der Waals surface area contributed by atoms with E-state index in [2.05, 4.69) is 39.5 Å². The van der Waals surface area contributed by atoms with Crippen LogP contribution in [-0.4, -0.2) is 31.7 Å². The minimum atomic E-state index is -0.224. The molecule has 1 aliphatic carbocycles. The molecule has 7 heteroatoms. The summed E-state index contributed by atoms with van der Waals surface area (Å²) >= 11 is 0. The summed E-state index contributed by atoms with van der Waals surface area (Å²) in [4.78, 5) is 20.9. The van der Waals surface area contributed by atoms with E-state index in [0.29, 0.717) is 13.0 Å². The second-order valence-corrected chi connectivity index (χ2v) is 7.96. The third-order valence-electron chi connectivity index (χ3n) is 6.32. The molecule has 3 N–H and O–H groups in total. The highest BCUT2D eigenvalue weighted by Gasteiger charge is 2.44. The number of imidazole rings is 1. The Morgan fingerprint density at radius 1 is 1.33 bits per heavy atom. The van der Waals surface area contributed by atoms with Gasteiger partial charge in [-0.25, -0.2) is 4.98 Å². The van der Waals surface area contributed by atoms with Crippen LogP contribution in [0, 0.1) is 13.8 Å². The van der Waals surface area contributed by atoms with Gasteiger partial charge in [0.1, 0.15) is 0 Å². The van der Waals surface area contributed by atoms with E-state index in [1.165, 1.54) is 19.3 Å². The molecule has 1 aliphatic heterocycles. The first-order valence-electron chi connectivity index (χ1n) is 10.1. The zero-order chi connectivity index (χ0) is 19.0. The van der Waals surface area contributed by atoms with E-state index in [9.17, 15) is 4.79 Å². The molecule has 1 spiro atoms. The SMILES string of the molecule is CCn1nc(C)c(CNC(=O)[C@@H]2Cc3[nH]cnc3C3(CCCCC3)N2)c1C. The second-order valence-electron chi connectivity index (χ2n) is 7.96. The van der Waals surface area contributed by atoms with Crippen molar-refractivity contribution in [1.29, 1.82) is 0 Å². The number of aromatic nitrogens is 4. The average Bonchev–Trinajstić information content (AvgIpc) is 3.25. The van der Waals surface area contributed by atoms with Gasteiger partial charge in [0.15, 0.2) is 0 Å². The lowest BCUT2D eigenvalue weighted by atomic mass is 9.75. The van der Waals surface area contributed by atoms with Crippen LogP contribution in [0.2, 0.25) is 0 Å². The lowest BCUT2D eigenvalue weighted by molar-refractivity contribution is -0.124. The number of nitrogens with one attached hydrogen (secondary N) is 3. The molecule has 0 saturated heterocycles. The Morgan fingerprint density at radius 2 is 2.11 bits per heavy atom. The van der Waals surface area contributed by atoms with Gasteiger partial charge in [-0.1, -0.05) is 19.3 Å². The van der Waals surface area contributed by atoms with E-state index >= 15 is 0 Å². The third kappa shape index (κ3) is 3.18. The lowest BCUT2D eigenvalue weighted by Crippen LogP contribution is -2.58. The molecule has 4 rings (SSSR count). The Morgan fingerprint density at radius 3 is 2.81 bits per heavy atom. The van der Waals surface area contributed by atoms with Crippen molar-refractivity contribution >= 4 is 5.91 Å². The van der Waals surface area contributed by atoms with Crippen LogP contribution in [0.25, 0.3) is 0 Å². The van der Waals surface area contributed by atoms with Crippen LogP contribution in [0.1, 0.15) is 67.4 Å². The standard InChI is InChI=1S/C20H30N6O/c1-4-26-14(3)15(13(2)25-26)11-21-19(27)17-10-16-18(23-12-22-16)20(24-17)8-6-5-7-9-20/h12,17,24H,4-11H2,1-3H3,(H,21,27)(H,22,23)/t17-/m0/s1. The number of rotatable bonds is 4. The van der Waals surface area contributed by atoms with E-state index < -0.39 is 0 Å². The lowest BCUT2D eigenvalue weighted by Gasteiger charge is -2.43. The average molecular weight is 371 g/mol. The van der Waals surface area contributed by atoms with Gasteiger partial charge in [-0.2, -0.15) is 5.10 Å². The molecular formula is C20H30N6O. The summed E-state index contributed by atoms with van der Waals surface area (Å²) in [6, 6.07) is -0.224. The summed E-state index contributed by atoms with van der Waals surface area (Å²) in [5.74, 6) is 0.0586. The molecule has 2 aliphatic rings. The first-order valence-corrected chi connectivity index (χ1v) is 10.1. The van der Waals surface area contributed by atoms with Crippen molar-refractivity contribution in [2.24, 2.45) is 0 Å². The molecule has 0 unspecified atom stereocenters. The smallest absolute Gasteiger partial charge is 0.237 e. The molecule has 0 radical (unpaired) electrons. The molecule has 3 heterocycles. The van der Waals surface area contributed by atoms with Crippen LogP contribution in [-0.2, 0) is 29.8 Å². The number of amides is 1. The number of fused-ring (bicyclic) bond motifs is 2. The number of aryl methyl sites for hydroxylation is 2. The largest absolute Gasteiger partial charge is 0.351 e. The molecule has 1 saturated carbocycles. The van der Waals surface area contributed by atoms with Crippen LogP contribution in [0.3, 0.4) is 0 Å². The Labute approximate surface area is 160 Å². The predicted molar refractivity (Wildman–Crippen MR) is 103 cm³/mol. The van der Waals surface area contributed by atoms with Crippen molar-refractivity contribution in [2.75, 3.05) is 0 Å². The highest BCUT2D eigenvalue weighted by molar-refractivity contribution is 5.82. The third-order valence-corrected chi connectivity index (χ3v) is 6.32. The van der Waals surface area contributed by atoms with Crippen molar-refractivity contribution in [1.82, 2.24) is 30.4 Å². The van der Waals surface area contributed by atoms with E-state index in [0.717, 1.165) is 47.7 Å². The van der Waals surface area contributed by atoms with Gasteiger partial charge in [-0.05, 0) is 33.6 Å². The van der Waals surface area contributed by atoms with E-state index in [-0.39, 0.29) is 17.5 Å². The first kappa shape index (κ1) is 18.2. The van der Waals surface area contributed by atoms with Crippen molar-refractivity contribution in [3.8, 4) is 0 Å². The highest BCUT2D eigenvalue weighted by atomic mass is 16.2. The molecular weight excluding hydrogens is 340 g/mol. The van der Waals surface area contributed by atoms with Gasteiger partial charge < -0.3 is 10.3 Å². The van der Waals surface area contributed by atoms with Crippen LogP contribution < -0.4 is 10.6 Å². The summed E-state index contributed by atoms with van der Waals surface area (Å²) in [6.45, 7) is 7.53. The molecule has 1 amide bonds. The Balaban J connectivity index is 1.49. The Bertz CT molecular complexity index is 830. The van der Waals surface area contributed by atoms with Gasteiger partial charge >= 0.3 is 0 Å². The second kappa shape index (κ2) is 7.11. The summed E-state index contributed by atoms with van der Waals surface area (Å²) in [6.07, 6.45) is 8.17. The summed E-state index contributed by atoms with van der Waals surface area (Å²) in [7, 11) is 0. The van der Waals surface area contributed by atoms with E-state index in [1.54, 1.807) is 6.33 Å². The molecule has 2 aromatic heterocycles. The van der Waals surface area contributed by atoms with Gasteiger partial charge in [0.05, 0.1) is 29.3 Å². The normalized spacial score (nSPS) is 21.2. The molecule has 2 aromatic rings. The van der Waals surface area contributed by atoms with Crippen molar-refractivity contribution < 1.29 is 4.79 Å². The number of nitrogens with zero attached hydrogens (tertiary/aromatic N) is 3. The summed E-state index contributed by atoms with van der Waals surface area (Å²) < 4.78 is 1.99. The maximum Gasteiger partial charge on any atom is 0.237 e. The maximum atomic E-state index is 13.0. The predicted octanol–water partition coefficient (Wildman–Crippen LogP) is 2.23. The van der Waals surface area contributed by atoms with E-state index in [4.69, 9.17) is 0 Å². The molecule has 0 aromatic carbocycles. The summed E-state index contributed by atoms with van der Waals surface area (Å²) in [5.41, 5.74) is 5.34. The molecule has 27 heavy (non-hydrogen) atoms. The number of H-pyrrole nitrogens is 1. The molecule has 1 atom stereocenters. The van der Waals surface area contributed by atoms with Crippen molar-refractivity contribution in [3.05, 3.63) is 34.7 Å². The number of carbonyl (C=O) groups excluding carboxylic acids is 1. The van der Waals surface area contributed by atoms with Gasteiger partial charge in [-0.15, -0.1) is 0 Å². The minimum Gasteiger partial charge on any atom is -0.351 e.